The van der Waals surface area contributed by atoms with Crippen molar-refractivity contribution in [3.63, 3.8) is 0 Å². The van der Waals surface area contributed by atoms with Gasteiger partial charge in [0.05, 0.1) is 12.7 Å². The van der Waals surface area contributed by atoms with E-state index < -0.39 is 5.97 Å². The molecule has 1 aliphatic heterocycles. The van der Waals surface area contributed by atoms with Crippen LogP contribution in [0.5, 0.6) is 0 Å². The van der Waals surface area contributed by atoms with Gasteiger partial charge >= 0.3 is 5.97 Å². The topological polar surface area (TPSA) is 59.8 Å². The molecule has 1 aliphatic rings. The van der Waals surface area contributed by atoms with E-state index in [1.807, 2.05) is 37.8 Å². The number of amides is 1. The molecule has 1 amide bonds. The highest BCUT2D eigenvalue weighted by Crippen LogP contribution is 2.25. The highest BCUT2D eigenvalue weighted by molar-refractivity contribution is 5.87. The standard InChI is InChI=1S/C20H25NO4/c1-13-8-17-16(11-24-18(17)9-14(13)2)10-20(23)25-12-19(22)21-7-5-4-6-15(21)3/h8-9,11,15H,4-7,10,12H2,1-3H3/t15-/m1/s1. The van der Waals surface area contributed by atoms with Gasteiger partial charge in [-0.2, -0.15) is 0 Å². The zero-order valence-electron chi connectivity index (χ0n) is 15.1. The molecule has 1 aromatic heterocycles. The first kappa shape index (κ1) is 17.5. The lowest BCUT2D eigenvalue weighted by Crippen LogP contribution is -2.44. The summed E-state index contributed by atoms with van der Waals surface area (Å²) in [6.45, 7) is 6.67. The van der Waals surface area contributed by atoms with Crippen LogP contribution in [0.1, 0.15) is 42.9 Å². The molecule has 5 nitrogen and oxygen atoms in total. The minimum absolute atomic E-state index is 0.107. The van der Waals surface area contributed by atoms with E-state index in [9.17, 15) is 9.59 Å². The molecule has 0 unspecified atom stereocenters. The van der Waals surface area contributed by atoms with Crippen LogP contribution in [0.4, 0.5) is 0 Å². The van der Waals surface area contributed by atoms with Crippen LogP contribution < -0.4 is 0 Å². The predicted octanol–water partition coefficient (Wildman–Crippen LogP) is 3.54. The third kappa shape index (κ3) is 3.86. The molecule has 0 N–H and O–H groups in total. The summed E-state index contributed by atoms with van der Waals surface area (Å²) in [4.78, 5) is 26.2. The Morgan fingerprint density at radius 3 is 2.76 bits per heavy atom. The molecule has 0 spiro atoms. The Bertz CT molecular complexity index is 792. The van der Waals surface area contributed by atoms with Gasteiger partial charge in [0.15, 0.2) is 6.61 Å². The molecule has 2 heterocycles. The zero-order valence-corrected chi connectivity index (χ0v) is 15.1. The maximum Gasteiger partial charge on any atom is 0.310 e. The smallest absolute Gasteiger partial charge is 0.310 e. The predicted molar refractivity (Wildman–Crippen MR) is 95.4 cm³/mol. The SMILES string of the molecule is Cc1cc2occ(CC(=O)OCC(=O)N3CCCC[C@H]3C)c2cc1C. The van der Waals surface area contributed by atoms with E-state index in [0.717, 1.165) is 53.5 Å². The van der Waals surface area contributed by atoms with E-state index in [2.05, 4.69) is 0 Å². The summed E-state index contributed by atoms with van der Waals surface area (Å²) in [6.07, 6.45) is 4.89. The van der Waals surface area contributed by atoms with Gasteiger partial charge < -0.3 is 14.1 Å². The Morgan fingerprint density at radius 2 is 2.00 bits per heavy atom. The van der Waals surface area contributed by atoms with Gasteiger partial charge in [-0.05, 0) is 63.3 Å². The number of benzene rings is 1. The third-order valence-electron chi connectivity index (χ3n) is 5.08. The third-order valence-corrected chi connectivity index (χ3v) is 5.08. The van der Waals surface area contributed by atoms with Gasteiger partial charge in [0, 0.05) is 23.5 Å². The van der Waals surface area contributed by atoms with Crippen LogP contribution in [0, 0.1) is 13.8 Å². The van der Waals surface area contributed by atoms with Crippen LogP contribution in [0.3, 0.4) is 0 Å². The van der Waals surface area contributed by atoms with E-state index in [1.54, 1.807) is 6.26 Å². The van der Waals surface area contributed by atoms with Gasteiger partial charge in [0.2, 0.25) is 0 Å². The largest absolute Gasteiger partial charge is 0.464 e. The minimum Gasteiger partial charge on any atom is -0.464 e. The fourth-order valence-corrected chi connectivity index (χ4v) is 3.37. The lowest BCUT2D eigenvalue weighted by Gasteiger charge is -2.33. The summed E-state index contributed by atoms with van der Waals surface area (Å²) >= 11 is 0. The van der Waals surface area contributed by atoms with Gasteiger partial charge in [-0.3, -0.25) is 9.59 Å². The van der Waals surface area contributed by atoms with E-state index in [0.29, 0.717) is 0 Å². The van der Waals surface area contributed by atoms with Gasteiger partial charge in [-0.15, -0.1) is 0 Å². The second kappa shape index (κ2) is 7.30. The van der Waals surface area contributed by atoms with Gasteiger partial charge in [0.25, 0.3) is 5.91 Å². The van der Waals surface area contributed by atoms with E-state index in [1.165, 1.54) is 0 Å². The fraction of sp³-hybridized carbons (Fsp3) is 0.500. The Kier molecular flexibility index (Phi) is 5.11. The molecule has 0 saturated carbocycles. The Balaban J connectivity index is 1.59. The van der Waals surface area contributed by atoms with Crippen LogP contribution in [-0.2, 0) is 20.7 Å². The van der Waals surface area contributed by atoms with Crippen LogP contribution in [0.2, 0.25) is 0 Å². The molecule has 5 heteroatoms. The van der Waals surface area contributed by atoms with Crippen molar-refractivity contribution in [3.8, 4) is 0 Å². The summed E-state index contributed by atoms with van der Waals surface area (Å²) in [7, 11) is 0. The highest BCUT2D eigenvalue weighted by Gasteiger charge is 2.24. The number of nitrogens with zero attached hydrogens (tertiary/aromatic N) is 1. The van der Waals surface area contributed by atoms with Crippen LogP contribution in [0.25, 0.3) is 11.0 Å². The first-order valence-corrected chi connectivity index (χ1v) is 8.88. The number of piperidine rings is 1. The summed E-state index contributed by atoms with van der Waals surface area (Å²) in [5.41, 5.74) is 3.86. The molecular weight excluding hydrogens is 318 g/mol. The maximum atomic E-state index is 12.2. The average molecular weight is 343 g/mol. The number of esters is 1. The van der Waals surface area contributed by atoms with Crippen LogP contribution in [0.15, 0.2) is 22.8 Å². The summed E-state index contributed by atoms with van der Waals surface area (Å²) in [5.74, 6) is -0.511. The van der Waals surface area contributed by atoms with Crippen molar-refractivity contribution in [2.75, 3.05) is 13.2 Å². The van der Waals surface area contributed by atoms with E-state index in [-0.39, 0.29) is 25.0 Å². The number of likely N-dealkylation sites (tertiary alicyclic amines) is 1. The molecule has 25 heavy (non-hydrogen) atoms. The van der Waals surface area contributed by atoms with Crippen molar-refractivity contribution >= 4 is 22.8 Å². The number of carbonyl (C=O) groups is 2. The number of aryl methyl sites for hydroxylation is 2. The van der Waals surface area contributed by atoms with Crippen molar-refractivity contribution in [2.24, 2.45) is 0 Å². The zero-order chi connectivity index (χ0) is 18.0. The molecule has 1 aromatic carbocycles. The molecule has 1 saturated heterocycles. The maximum absolute atomic E-state index is 12.2. The quantitative estimate of drug-likeness (QED) is 0.797. The number of carbonyl (C=O) groups excluding carboxylic acids is 2. The van der Waals surface area contributed by atoms with Crippen LogP contribution >= 0.6 is 0 Å². The monoisotopic (exact) mass is 343 g/mol. The second-order valence-corrected chi connectivity index (χ2v) is 6.96. The Hall–Kier alpha value is -2.30. The molecule has 134 valence electrons. The van der Waals surface area contributed by atoms with Gasteiger partial charge in [-0.25, -0.2) is 0 Å². The van der Waals surface area contributed by atoms with Crippen molar-refractivity contribution < 1.29 is 18.7 Å². The number of furan rings is 1. The van der Waals surface area contributed by atoms with Crippen LogP contribution in [-0.4, -0.2) is 36.0 Å². The number of hydrogen-bond acceptors (Lipinski definition) is 4. The van der Waals surface area contributed by atoms with Gasteiger partial charge in [-0.1, -0.05) is 0 Å². The highest BCUT2D eigenvalue weighted by atomic mass is 16.5. The first-order valence-electron chi connectivity index (χ1n) is 8.88. The number of hydrogen-bond donors (Lipinski definition) is 0. The Labute approximate surface area is 147 Å². The minimum atomic E-state index is -0.404. The van der Waals surface area contributed by atoms with Crippen molar-refractivity contribution in [1.82, 2.24) is 4.90 Å². The molecule has 1 atom stereocenters. The second-order valence-electron chi connectivity index (χ2n) is 6.96. The molecule has 3 rings (SSSR count). The molecule has 0 aliphatic carbocycles. The van der Waals surface area contributed by atoms with Crippen molar-refractivity contribution in [1.29, 1.82) is 0 Å². The summed E-state index contributed by atoms with van der Waals surface area (Å²) in [6, 6.07) is 4.22. The van der Waals surface area contributed by atoms with E-state index >= 15 is 0 Å². The Morgan fingerprint density at radius 1 is 1.24 bits per heavy atom. The molecule has 1 fully saturated rings. The summed E-state index contributed by atoms with van der Waals surface area (Å²) in [5, 5.41) is 0.927. The first-order chi connectivity index (χ1) is 12.0. The van der Waals surface area contributed by atoms with E-state index in [4.69, 9.17) is 9.15 Å². The number of rotatable bonds is 4. The average Bonchev–Trinajstić information content (AvgIpc) is 2.95. The lowest BCUT2D eigenvalue weighted by molar-refractivity contribution is -0.152. The molecular formula is C20H25NO4. The fourth-order valence-electron chi connectivity index (χ4n) is 3.37. The summed E-state index contributed by atoms with van der Waals surface area (Å²) < 4.78 is 10.7. The van der Waals surface area contributed by atoms with Crippen molar-refractivity contribution in [3.05, 3.63) is 35.1 Å². The molecule has 2 aromatic rings. The van der Waals surface area contributed by atoms with Crippen molar-refractivity contribution in [2.45, 2.75) is 52.5 Å². The van der Waals surface area contributed by atoms with Gasteiger partial charge in [0.1, 0.15) is 5.58 Å². The normalized spacial score (nSPS) is 17.7. The number of fused-ring (bicyclic) bond motifs is 1. The molecule has 0 bridgehead atoms. The number of ether oxygens (including phenoxy) is 1. The molecule has 0 radical (unpaired) electrons. The lowest BCUT2D eigenvalue weighted by atomic mass is 10.0.